The minimum atomic E-state index is 0.739. The second kappa shape index (κ2) is 13.7. The van der Waals surface area contributed by atoms with Gasteiger partial charge in [-0.05, 0) is 96.7 Å². The molecular weight excluding hydrogens is 753 g/mol. The van der Waals surface area contributed by atoms with Gasteiger partial charge in [-0.15, -0.1) is 0 Å². The van der Waals surface area contributed by atoms with Crippen LogP contribution in [0.1, 0.15) is 16.7 Å². The van der Waals surface area contributed by atoms with E-state index in [4.69, 9.17) is 15.0 Å². The molecule has 1 N–H and O–H groups in total. The zero-order chi connectivity index (χ0) is 40.7. The molecule has 12 aromatic rings. The highest BCUT2D eigenvalue weighted by Gasteiger charge is 2.22. The smallest absolute Gasteiger partial charge is 0.0979 e. The Morgan fingerprint density at radius 1 is 0.339 bits per heavy atom. The summed E-state index contributed by atoms with van der Waals surface area (Å²) < 4.78 is 0. The molecular formula is C58H36N4. The monoisotopic (exact) mass is 788 g/mol. The first kappa shape index (κ1) is 34.6. The Labute approximate surface area is 357 Å². The van der Waals surface area contributed by atoms with Gasteiger partial charge in [0.25, 0.3) is 0 Å². The second-order valence-electron chi connectivity index (χ2n) is 16.3. The summed E-state index contributed by atoms with van der Waals surface area (Å²) in [5.41, 5.74) is 13.2. The van der Waals surface area contributed by atoms with Crippen LogP contribution in [0.25, 0.3) is 121 Å². The average molecular weight is 789 g/mol. The number of para-hydroxylation sites is 1. The molecule has 4 heteroatoms. The van der Waals surface area contributed by atoms with Gasteiger partial charge in [-0.3, -0.25) is 0 Å². The van der Waals surface area contributed by atoms with E-state index in [9.17, 15) is 0 Å². The first-order valence-corrected chi connectivity index (χ1v) is 21.2. The van der Waals surface area contributed by atoms with E-state index in [1.54, 1.807) is 0 Å². The largest absolute Gasteiger partial charge is 0.380 e. The number of rotatable bonds is 4. The SMILES string of the molecule is C1=C(c2cc(-c3cc4ccccc4c4ccccc34)nc3c2ccc2c(-c4ccc5ccccc5n4)cc(-c4cc5ccccc5c5ccccc45)nc23)NCc2ccccc21. The van der Waals surface area contributed by atoms with Crippen molar-refractivity contribution in [3.05, 3.63) is 211 Å². The van der Waals surface area contributed by atoms with Gasteiger partial charge in [0.05, 0.1) is 33.6 Å². The fraction of sp³-hybridized carbons (Fsp3) is 0.0172. The zero-order valence-electron chi connectivity index (χ0n) is 33.6. The van der Waals surface area contributed by atoms with Crippen LogP contribution in [0.2, 0.25) is 0 Å². The average Bonchev–Trinajstić information content (AvgIpc) is 3.34. The first-order valence-electron chi connectivity index (χ1n) is 21.2. The van der Waals surface area contributed by atoms with Crippen molar-refractivity contribution in [1.29, 1.82) is 0 Å². The molecule has 0 atom stereocenters. The van der Waals surface area contributed by atoms with Gasteiger partial charge in [0.1, 0.15) is 0 Å². The molecule has 13 rings (SSSR count). The van der Waals surface area contributed by atoms with Crippen molar-refractivity contribution < 1.29 is 0 Å². The van der Waals surface area contributed by atoms with Crippen LogP contribution >= 0.6 is 0 Å². The number of hydrogen-bond donors (Lipinski definition) is 1. The highest BCUT2D eigenvalue weighted by Crippen LogP contribution is 2.43. The van der Waals surface area contributed by atoms with Crippen LogP contribution in [0.3, 0.4) is 0 Å². The minimum Gasteiger partial charge on any atom is -0.380 e. The summed E-state index contributed by atoms with van der Waals surface area (Å²) in [4.78, 5) is 16.7. The molecule has 288 valence electrons. The summed E-state index contributed by atoms with van der Waals surface area (Å²) in [5, 5.41) is 16.5. The fourth-order valence-corrected chi connectivity index (χ4v) is 9.84. The van der Waals surface area contributed by atoms with Gasteiger partial charge in [-0.2, -0.15) is 0 Å². The second-order valence-corrected chi connectivity index (χ2v) is 16.3. The molecule has 3 aromatic heterocycles. The van der Waals surface area contributed by atoms with Crippen molar-refractivity contribution >= 4 is 87.6 Å². The number of hydrogen-bond acceptors (Lipinski definition) is 4. The van der Waals surface area contributed by atoms with Gasteiger partial charge in [0.15, 0.2) is 0 Å². The van der Waals surface area contributed by atoms with Gasteiger partial charge in [0.2, 0.25) is 0 Å². The summed E-state index contributed by atoms with van der Waals surface area (Å²) in [6.07, 6.45) is 2.29. The van der Waals surface area contributed by atoms with Gasteiger partial charge in [0, 0.05) is 50.7 Å². The maximum Gasteiger partial charge on any atom is 0.0979 e. The van der Waals surface area contributed by atoms with Crippen molar-refractivity contribution in [3.8, 4) is 33.8 Å². The molecule has 0 unspecified atom stereocenters. The number of pyridine rings is 3. The lowest BCUT2D eigenvalue weighted by molar-refractivity contribution is 0.880. The van der Waals surface area contributed by atoms with Crippen LogP contribution in [0.4, 0.5) is 0 Å². The van der Waals surface area contributed by atoms with Crippen LogP contribution in [0, 0.1) is 0 Å². The van der Waals surface area contributed by atoms with Crippen LogP contribution in [-0.2, 0) is 6.54 Å². The van der Waals surface area contributed by atoms with E-state index < -0.39 is 0 Å². The van der Waals surface area contributed by atoms with Crippen molar-refractivity contribution in [2.75, 3.05) is 0 Å². The number of nitrogens with zero attached hydrogens (tertiary/aromatic N) is 3. The first-order chi connectivity index (χ1) is 30.7. The Morgan fingerprint density at radius 3 is 1.50 bits per heavy atom. The summed E-state index contributed by atoms with van der Waals surface area (Å²) >= 11 is 0. The molecule has 0 bridgehead atoms. The summed E-state index contributed by atoms with van der Waals surface area (Å²) in [6, 6.07) is 69.6. The molecule has 0 amide bonds. The summed E-state index contributed by atoms with van der Waals surface area (Å²) in [6.45, 7) is 0.739. The number of nitrogens with one attached hydrogen (secondary N) is 1. The maximum absolute atomic E-state index is 5.72. The standard InChI is InChI=1S/C58H36N4/c1-2-17-39-34-59-54(31-36(39)14-1)51-33-56(49-30-38-16-4-7-19-41(38)43-21-9-11-23-45(43)49)62-58-47(51)27-26-46-50(53-28-25-35-13-5-12-24-52(35)60-53)32-55(61-57(46)58)48-29-37-15-3-6-18-40(37)42-20-8-10-22-44(42)48/h1-33,59H,34H2. The topological polar surface area (TPSA) is 50.7 Å². The Bertz CT molecular complexity index is 3880. The highest BCUT2D eigenvalue weighted by atomic mass is 14.9. The van der Waals surface area contributed by atoms with E-state index in [1.165, 1.54) is 43.4 Å². The Morgan fingerprint density at radius 2 is 0.839 bits per heavy atom. The van der Waals surface area contributed by atoms with Gasteiger partial charge < -0.3 is 5.32 Å². The van der Waals surface area contributed by atoms with Crippen LogP contribution in [0.5, 0.6) is 0 Å². The molecule has 9 aromatic carbocycles. The van der Waals surface area contributed by atoms with Gasteiger partial charge in [-0.25, -0.2) is 15.0 Å². The summed E-state index contributed by atoms with van der Waals surface area (Å²) in [5.74, 6) is 0. The zero-order valence-corrected chi connectivity index (χ0v) is 33.6. The quantitative estimate of drug-likeness (QED) is 0.181. The number of fused-ring (bicyclic) bond motifs is 11. The van der Waals surface area contributed by atoms with E-state index in [2.05, 4.69) is 206 Å². The van der Waals surface area contributed by atoms with E-state index >= 15 is 0 Å². The lowest BCUT2D eigenvalue weighted by Gasteiger charge is -2.22. The van der Waals surface area contributed by atoms with Gasteiger partial charge >= 0.3 is 0 Å². The molecule has 0 radical (unpaired) electrons. The van der Waals surface area contributed by atoms with Gasteiger partial charge in [-0.1, -0.05) is 158 Å². The molecule has 4 nitrogen and oxygen atoms in total. The van der Waals surface area contributed by atoms with Crippen LogP contribution < -0.4 is 5.32 Å². The van der Waals surface area contributed by atoms with Crippen LogP contribution in [-0.4, -0.2) is 15.0 Å². The third-order valence-corrected chi connectivity index (χ3v) is 12.8. The van der Waals surface area contributed by atoms with Crippen molar-refractivity contribution in [2.24, 2.45) is 0 Å². The molecule has 62 heavy (non-hydrogen) atoms. The summed E-state index contributed by atoms with van der Waals surface area (Å²) in [7, 11) is 0. The molecule has 0 spiro atoms. The predicted octanol–water partition coefficient (Wildman–Crippen LogP) is 14.5. The molecule has 1 aliphatic rings. The third kappa shape index (κ3) is 5.43. The van der Waals surface area contributed by atoms with E-state index in [1.807, 2.05) is 0 Å². The Balaban J connectivity index is 1.17. The minimum absolute atomic E-state index is 0.739. The Kier molecular flexibility index (Phi) is 7.63. The normalized spacial score (nSPS) is 12.7. The number of benzene rings is 9. The highest BCUT2D eigenvalue weighted by molar-refractivity contribution is 6.18. The third-order valence-electron chi connectivity index (χ3n) is 12.8. The van der Waals surface area contributed by atoms with E-state index in [0.29, 0.717) is 0 Å². The van der Waals surface area contributed by atoms with Crippen molar-refractivity contribution in [1.82, 2.24) is 20.3 Å². The van der Waals surface area contributed by atoms with Crippen molar-refractivity contribution in [3.63, 3.8) is 0 Å². The fourth-order valence-electron chi connectivity index (χ4n) is 9.84. The molecule has 1 aliphatic heterocycles. The molecule has 0 fully saturated rings. The molecule has 0 aliphatic carbocycles. The number of aromatic nitrogens is 3. The van der Waals surface area contributed by atoms with E-state index in [0.717, 1.165) is 95.1 Å². The molecule has 0 saturated carbocycles. The van der Waals surface area contributed by atoms with Crippen LogP contribution in [0.15, 0.2) is 194 Å². The lowest BCUT2D eigenvalue weighted by Crippen LogP contribution is -2.17. The molecule has 0 saturated heterocycles. The molecule has 4 heterocycles. The lowest BCUT2D eigenvalue weighted by atomic mass is 9.91. The maximum atomic E-state index is 5.72. The van der Waals surface area contributed by atoms with E-state index in [-0.39, 0.29) is 0 Å². The van der Waals surface area contributed by atoms with Crippen molar-refractivity contribution in [2.45, 2.75) is 6.54 Å². The predicted molar refractivity (Wildman–Crippen MR) is 260 cm³/mol. The Hall–Kier alpha value is -8.21.